The van der Waals surface area contributed by atoms with Crippen molar-refractivity contribution >= 4 is 27.6 Å². The molecule has 120 valence electrons. The second-order valence-corrected chi connectivity index (χ2v) is 6.10. The lowest BCUT2D eigenvalue weighted by Gasteiger charge is -2.12. The zero-order valence-electron chi connectivity index (χ0n) is 14.0. The van der Waals surface area contributed by atoms with Gasteiger partial charge in [-0.3, -0.25) is 0 Å². The summed E-state index contributed by atoms with van der Waals surface area (Å²) in [6, 6.07) is 30.8. The highest BCUT2D eigenvalue weighted by atomic mass is 14.3. The molecule has 0 bridgehead atoms. The molecule has 2 heteroatoms. The molecule has 4 aromatic rings. The Morgan fingerprint density at radius 1 is 0.692 bits per heavy atom. The van der Waals surface area contributed by atoms with E-state index in [1.165, 1.54) is 27.1 Å². The molecule has 0 heterocycles. The number of nitrogens with zero attached hydrogens (tertiary/aromatic N) is 2. The van der Waals surface area contributed by atoms with Crippen LogP contribution in [0.2, 0.25) is 0 Å². The molecule has 4 aromatic carbocycles. The lowest BCUT2D eigenvalue weighted by Crippen LogP contribution is -1.86. The molecule has 26 heavy (non-hydrogen) atoms. The van der Waals surface area contributed by atoms with Crippen molar-refractivity contribution in [1.82, 2.24) is 0 Å². The fourth-order valence-corrected chi connectivity index (χ4v) is 3.33. The maximum Gasteiger partial charge on any atom is 0.130 e. The highest BCUT2D eigenvalue weighted by molar-refractivity contribution is 6.12. The third-order valence-electron chi connectivity index (χ3n) is 4.52. The van der Waals surface area contributed by atoms with Gasteiger partial charge in [0.1, 0.15) is 17.7 Å². The van der Waals surface area contributed by atoms with Crippen LogP contribution >= 0.6 is 0 Å². The topological polar surface area (TPSA) is 47.6 Å². The van der Waals surface area contributed by atoms with Gasteiger partial charge >= 0.3 is 0 Å². The van der Waals surface area contributed by atoms with Gasteiger partial charge in [0.2, 0.25) is 0 Å². The smallest absolute Gasteiger partial charge is 0.130 e. The van der Waals surface area contributed by atoms with Gasteiger partial charge in [0, 0.05) is 0 Å². The minimum absolute atomic E-state index is 0.105. The van der Waals surface area contributed by atoms with Crippen LogP contribution in [0.15, 0.2) is 84.4 Å². The Hall–Kier alpha value is -3.88. The minimum Gasteiger partial charge on any atom is -0.192 e. The fourth-order valence-electron chi connectivity index (χ4n) is 3.33. The highest BCUT2D eigenvalue weighted by Crippen LogP contribution is 2.36. The van der Waals surface area contributed by atoms with Crippen LogP contribution < -0.4 is 0 Å². The van der Waals surface area contributed by atoms with E-state index in [9.17, 15) is 0 Å². The molecule has 0 spiro atoms. The molecule has 0 radical (unpaired) electrons. The van der Waals surface area contributed by atoms with Crippen molar-refractivity contribution < 1.29 is 0 Å². The lowest BCUT2D eigenvalue weighted by molar-refractivity contribution is 1.47. The summed E-state index contributed by atoms with van der Waals surface area (Å²) >= 11 is 0. The second kappa shape index (κ2) is 6.55. The maximum absolute atomic E-state index is 8.92. The molecule has 4 rings (SSSR count). The molecule has 0 saturated heterocycles. The predicted molar refractivity (Wildman–Crippen MR) is 106 cm³/mol. The van der Waals surface area contributed by atoms with E-state index in [0.29, 0.717) is 0 Å². The second-order valence-electron chi connectivity index (χ2n) is 6.10. The van der Waals surface area contributed by atoms with Crippen LogP contribution in [-0.4, -0.2) is 0 Å². The Kier molecular flexibility index (Phi) is 3.94. The maximum atomic E-state index is 8.92. The molecule has 0 unspecified atom stereocenters. The summed E-state index contributed by atoms with van der Waals surface area (Å²) in [6.45, 7) is 0. The largest absolute Gasteiger partial charge is 0.192 e. The Bertz CT molecular complexity index is 1160. The highest BCUT2D eigenvalue weighted by Gasteiger charge is 2.09. The monoisotopic (exact) mass is 330 g/mol. The number of fused-ring (bicyclic) bond motifs is 2. The molecule has 2 nitrogen and oxygen atoms in total. The third kappa shape index (κ3) is 2.71. The van der Waals surface area contributed by atoms with Gasteiger partial charge in [-0.15, -0.1) is 0 Å². The minimum atomic E-state index is 0.105. The molecule has 0 N–H and O–H groups in total. The van der Waals surface area contributed by atoms with Crippen LogP contribution in [-0.2, 0) is 0 Å². The van der Waals surface area contributed by atoms with Crippen LogP contribution in [0, 0.1) is 22.7 Å². The Labute approximate surface area is 151 Å². The van der Waals surface area contributed by atoms with Crippen molar-refractivity contribution in [2.75, 3.05) is 0 Å². The van der Waals surface area contributed by atoms with E-state index < -0.39 is 0 Å². The molecule has 0 aliphatic rings. The van der Waals surface area contributed by atoms with Gasteiger partial charge in [-0.2, -0.15) is 10.5 Å². The quantitative estimate of drug-likeness (QED) is 0.330. The first-order valence-corrected chi connectivity index (χ1v) is 8.33. The molecule has 0 aliphatic carbocycles. The molecule has 0 amide bonds. The van der Waals surface area contributed by atoms with E-state index in [1.807, 2.05) is 36.4 Å². The van der Waals surface area contributed by atoms with Crippen molar-refractivity contribution in [2.24, 2.45) is 0 Å². The zero-order chi connectivity index (χ0) is 17.9. The first kappa shape index (κ1) is 15.6. The Morgan fingerprint density at radius 3 is 1.77 bits per heavy atom. The van der Waals surface area contributed by atoms with Gasteiger partial charge < -0.3 is 0 Å². The summed E-state index contributed by atoms with van der Waals surface area (Å²) < 4.78 is 0. The number of nitriles is 2. The predicted octanol–water partition coefficient (Wildman–Crippen LogP) is 6.09. The van der Waals surface area contributed by atoms with E-state index in [1.54, 1.807) is 6.08 Å². The number of hydrogen-bond donors (Lipinski definition) is 0. The average molecular weight is 330 g/mol. The van der Waals surface area contributed by atoms with Gasteiger partial charge in [-0.05, 0) is 50.4 Å². The number of hydrogen-bond acceptors (Lipinski definition) is 2. The summed E-state index contributed by atoms with van der Waals surface area (Å²) in [7, 11) is 0. The van der Waals surface area contributed by atoms with Gasteiger partial charge in [-0.1, -0.05) is 72.8 Å². The summed E-state index contributed by atoms with van der Waals surface area (Å²) in [5.41, 5.74) is 3.27. The van der Waals surface area contributed by atoms with Crippen LogP contribution in [0.25, 0.3) is 38.7 Å². The fraction of sp³-hybridized carbons (Fsp3) is 0. The van der Waals surface area contributed by atoms with Gasteiger partial charge in [0.15, 0.2) is 0 Å². The standard InChI is InChI=1S/C24H14N2/c25-15-18(16-26)13-17-9-11-19(12-10-17)24-22-7-3-1-5-20(22)14-21-6-2-4-8-23(21)24/h1-14H. The first-order chi connectivity index (χ1) is 12.8. The number of benzene rings is 4. The SMILES string of the molecule is N#CC(C#N)=Cc1ccc(-c2c3ccccc3cc3ccccc23)cc1. The van der Waals surface area contributed by atoms with Gasteiger partial charge in [-0.25, -0.2) is 0 Å². The van der Waals surface area contributed by atoms with Crippen LogP contribution in [0.4, 0.5) is 0 Å². The molecular weight excluding hydrogens is 316 g/mol. The van der Waals surface area contributed by atoms with Gasteiger partial charge in [0.25, 0.3) is 0 Å². The Morgan fingerprint density at radius 2 is 1.23 bits per heavy atom. The first-order valence-electron chi connectivity index (χ1n) is 8.33. The van der Waals surface area contributed by atoms with Crippen molar-refractivity contribution in [2.45, 2.75) is 0 Å². The average Bonchev–Trinajstić information content (AvgIpc) is 2.71. The number of allylic oxidation sites excluding steroid dienone is 1. The summed E-state index contributed by atoms with van der Waals surface area (Å²) in [5.74, 6) is 0. The van der Waals surface area contributed by atoms with E-state index in [2.05, 4.69) is 54.6 Å². The van der Waals surface area contributed by atoms with Crippen LogP contribution in [0.1, 0.15) is 5.56 Å². The zero-order valence-corrected chi connectivity index (χ0v) is 14.0. The van der Waals surface area contributed by atoms with Crippen LogP contribution in [0.3, 0.4) is 0 Å². The number of rotatable bonds is 2. The Balaban J connectivity index is 1.95. The van der Waals surface area contributed by atoms with Crippen molar-refractivity contribution in [3.05, 3.63) is 90.0 Å². The molecule has 0 aliphatic heterocycles. The van der Waals surface area contributed by atoms with Crippen molar-refractivity contribution in [1.29, 1.82) is 10.5 Å². The molecule has 0 saturated carbocycles. The summed E-state index contributed by atoms with van der Waals surface area (Å²) in [6.07, 6.45) is 1.60. The summed E-state index contributed by atoms with van der Waals surface area (Å²) in [5, 5.41) is 22.7. The molecule has 0 aromatic heterocycles. The third-order valence-corrected chi connectivity index (χ3v) is 4.52. The van der Waals surface area contributed by atoms with E-state index in [-0.39, 0.29) is 5.57 Å². The van der Waals surface area contributed by atoms with E-state index >= 15 is 0 Å². The van der Waals surface area contributed by atoms with E-state index in [4.69, 9.17) is 10.5 Å². The van der Waals surface area contributed by atoms with E-state index in [0.717, 1.165) is 11.1 Å². The van der Waals surface area contributed by atoms with Crippen molar-refractivity contribution in [3.8, 4) is 23.3 Å². The summed E-state index contributed by atoms with van der Waals surface area (Å²) in [4.78, 5) is 0. The lowest BCUT2D eigenvalue weighted by atomic mass is 9.91. The van der Waals surface area contributed by atoms with Crippen molar-refractivity contribution in [3.63, 3.8) is 0 Å². The molecule has 0 atom stereocenters. The molecular formula is C24H14N2. The van der Waals surface area contributed by atoms with Gasteiger partial charge in [0.05, 0.1) is 0 Å². The molecule has 0 fully saturated rings. The normalized spacial score (nSPS) is 10.2. The van der Waals surface area contributed by atoms with Crippen LogP contribution in [0.5, 0.6) is 0 Å².